The van der Waals surface area contributed by atoms with Gasteiger partial charge in [0.2, 0.25) is 5.91 Å². The van der Waals surface area contributed by atoms with Crippen molar-refractivity contribution in [2.45, 2.75) is 25.9 Å². The molecule has 0 aliphatic carbocycles. The van der Waals surface area contributed by atoms with E-state index in [0.717, 1.165) is 12.1 Å². The van der Waals surface area contributed by atoms with Gasteiger partial charge in [0.25, 0.3) is 0 Å². The number of hydrogen-bond donors (Lipinski definition) is 0. The molecule has 2 heterocycles. The van der Waals surface area contributed by atoms with Crippen LogP contribution in [-0.2, 0) is 22.2 Å². The van der Waals surface area contributed by atoms with Gasteiger partial charge in [0.15, 0.2) is 5.78 Å². The first kappa shape index (κ1) is 17.1. The Balaban J connectivity index is 1.99. The fourth-order valence-electron chi connectivity index (χ4n) is 2.72. The number of fused-ring (bicyclic) bond motifs is 1. The molecule has 0 bridgehead atoms. The third kappa shape index (κ3) is 3.40. The van der Waals surface area contributed by atoms with Gasteiger partial charge in [0.05, 0.1) is 29.9 Å². The van der Waals surface area contributed by atoms with Crippen LogP contribution in [0, 0.1) is 0 Å². The van der Waals surface area contributed by atoms with Gasteiger partial charge in [-0.05, 0) is 23.8 Å². The minimum Gasteiger partial charge on any atom is -0.303 e. The summed E-state index contributed by atoms with van der Waals surface area (Å²) >= 11 is 0. The van der Waals surface area contributed by atoms with Gasteiger partial charge in [-0.15, -0.1) is 0 Å². The monoisotopic (exact) mass is 348 g/mol. The molecule has 0 atom stereocenters. The fourth-order valence-corrected chi connectivity index (χ4v) is 2.72. The Bertz CT molecular complexity index is 846. The highest BCUT2D eigenvalue weighted by molar-refractivity contribution is 6.05. The van der Waals surface area contributed by atoms with Crippen molar-refractivity contribution in [2.24, 2.45) is 0 Å². The predicted octanol–water partition coefficient (Wildman–Crippen LogP) is 3.64. The molecule has 2 aromatic rings. The lowest BCUT2D eigenvalue weighted by Gasteiger charge is -2.17. The molecule has 1 aliphatic heterocycles. The highest BCUT2D eigenvalue weighted by atomic mass is 19.4. The van der Waals surface area contributed by atoms with Crippen LogP contribution in [0.15, 0.2) is 36.5 Å². The largest absolute Gasteiger partial charge is 0.416 e. The average Bonchev–Trinajstić information content (AvgIpc) is 2.89. The van der Waals surface area contributed by atoms with Gasteiger partial charge in [-0.25, -0.2) is 0 Å². The number of carbonyl (C=O) groups excluding carboxylic acids is 2. The van der Waals surface area contributed by atoms with E-state index in [0.29, 0.717) is 28.9 Å². The Morgan fingerprint density at radius 1 is 1.24 bits per heavy atom. The van der Waals surface area contributed by atoms with Crippen LogP contribution in [0.5, 0.6) is 0 Å². The van der Waals surface area contributed by atoms with Gasteiger partial charge in [0.1, 0.15) is 0 Å². The number of ketones is 1. The summed E-state index contributed by atoms with van der Waals surface area (Å²) in [6.45, 7) is 1.66. The van der Waals surface area contributed by atoms with Crippen molar-refractivity contribution in [3.8, 4) is 11.1 Å². The Morgan fingerprint density at radius 2 is 2.00 bits per heavy atom. The second kappa shape index (κ2) is 6.31. The van der Waals surface area contributed by atoms with E-state index >= 15 is 0 Å². The number of Topliss-reactive ketones (excluding diaryl/α,β-unsaturated/α-hetero) is 1. The number of carbonyl (C=O) groups is 2. The van der Waals surface area contributed by atoms with E-state index in [9.17, 15) is 22.8 Å². The van der Waals surface area contributed by atoms with Crippen molar-refractivity contribution in [2.75, 3.05) is 11.4 Å². The minimum atomic E-state index is -4.43. The number of rotatable bonds is 4. The molecule has 0 unspecified atom stereocenters. The van der Waals surface area contributed by atoms with Crippen LogP contribution in [0.2, 0.25) is 0 Å². The number of pyridine rings is 1. The Labute approximate surface area is 142 Å². The van der Waals surface area contributed by atoms with Gasteiger partial charge in [-0.1, -0.05) is 19.1 Å². The van der Waals surface area contributed by atoms with E-state index in [2.05, 4.69) is 4.98 Å². The Hall–Kier alpha value is -2.70. The zero-order valence-electron chi connectivity index (χ0n) is 13.4. The van der Waals surface area contributed by atoms with Gasteiger partial charge in [-0.3, -0.25) is 14.6 Å². The molecular formula is C18H15F3N2O2. The summed E-state index contributed by atoms with van der Waals surface area (Å²) in [5.74, 6) is -0.323. The highest BCUT2D eigenvalue weighted by Gasteiger charge is 2.32. The maximum atomic E-state index is 12.9. The molecule has 0 fully saturated rings. The van der Waals surface area contributed by atoms with Crippen LogP contribution in [0.4, 0.5) is 18.9 Å². The summed E-state index contributed by atoms with van der Waals surface area (Å²) in [6, 6.07) is 6.54. The Morgan fingerprint density at radius 3 is 2.68 bits per heavy atom. The number of aromatic nitrogens is 1. The van der Waals surface area contributed by atoms with Crippen LogP contribution in [0.25, 0.3) is 11.1 Å². The van der Waals surface area contributed by atoms with Crippen molar-refractivity contribution in [3.05, 3.63) is 47.8 Å². The first-order valence-electron chi connectivity index (χ1n) is 7.78. The Kier molecular flexibility index (Phi) is 4.32. The highest BCUT2D eigenvalue weighted by Crippen LogP contribution is 2.35. The van der Waals surface area contributed by atoms with Gasteiger partial charge >= 0.3 is 6.18 Å². The van der Waals surface area contributed by atoms with Gasteiger partial charge in [0, 0.05) is 18.2 Å². The molecule has 3 rings (SSSR count). The SMILES string of the molecule is CCC(=O)CN1C(=O)Cc2ncc(-c3cccc(C(F)(F)F)c3)cc21. The third-order valence-corrected chi connectivity index (χ3v) is 4.11. The van der Waals surface area contributed by atoms with E-state index < -0.39 is 11.7 Å². The van der Waals surface area contributed by atoms with Crippen LogP contribution in [0.3, 0.4) is 0 Å². The van der Waals surface area contributed by atoms with E-state index in [1.807, 2.05) is 0 Å². The maximum Gasteiger partial charge on any atom is 0.416 e. The molecule has 0 saturated heterocycles. The average molecular weight is 348 g/mol. The second-order valence-corrected chi connectivity index (χ2v) is 5.82. The number of amides is 1. The molecule has 0 radical (unpaired) electrons. The van der Waals surface area contributed by atoms with Crippen molar-refractivity contribution < 1.29 is 22.8 Å². The minimum absolute atomic E-state index is 0.0456. The lowest BCUT2D eigenvalue weighted by Crippen LogP contribution is -2.32. The molecule has 25 heavy (non-hydrogen) atoms. The quantitative estimate of drug-likeness (QED) is 0.848. The van der Waals surface area contributed by atoms with Crippen LogP contribution >= 0.6 is 0 Å². The standard InChI is InChI=1S/C18H15F3N2O2/c1-2-14(24)10-23-16-7-12(9-22-15(16)8-17(23)25)11-4-3-5-13(6-11)18(19,20)21/h3-7,9H,2,8,10H2,1H3. The molecule has 0 N–H and O–H groups in total. The maximum absolute atomic E-state index is 12.9. The van der Waals surface area contributed by atoms with Crippen LogP contribution < -0.4 is 4.90 Å². The lowest BCUT2D eigenvalue weighted by molar-refractivity contribution is -0.137. The second-order valence-electron chi connectivity index (χ2n) is 5.82. The van der Waals surface area contributed by atoms with Crippen molar-refractivity contribution in [3.63, 3.8) is 0 Å². The number of alkyl halides is 3. The number of benzene rings is 1. The van der Waals surface area contributed by atoms with E-state index in [1.165, 1.54) is 17.2 Å². The van der Waals surface area contributed by atoms with Gasteiger partial charge < -0.3 is 4.90 Å². The topological polar surface area (TPSA) is 50.3 Å². The van der Waals surface area contributed by atoms with Crippen molar-refractivity contribution >= 4 is 17.4 Å². The van der Waals surface area contributed by atoms with Crippen LogP contribution in [0.1, 0.15) is 24.6 Å². The number of halogens is 3. The normalized spacial score (nSPS) is 13.9. The molecule has 4 nitrogen and oxygen atoms in total. The summed E-state index contributed by atoms with van der Waals surface area (Å²) in [7, 11) is 0. The smallest absolute Gasteiger partial charge is 0.303 e. The molecule has 130 valence electrons. The third-order valence-electron chi connectivity index (χ3n) is 4.11. The summed E-state index contributed by atoms with van der Waals surface area (Å²) in [4.78, 5) is 29.4. The zero-order chi connectivity index (χ0) is 18.2. The first-order valence-corrected chi connectivity index (χ1v) is 7.78. The molecule has 7 heteroatoms. The van der Waals surface area contributed by atoms with Crippen LogP contribution in [-0.4, -0.2) is 23.2 Å². The summed E-state index contributed by atoms with van der Waals surface area (Å²) in [5, 5.41) is 0. The van der Waals surface area contributed by atoms with Crippen molar-refractivity contribution in [1.82, 2.24) is 4.98 Å². The molecule has 0 spiro atoms. The zero-order valence-corrected chi connectivity index (χ0v) is 13.4. The number of nitrogens with zero attached hydrogens (tertiary/aromatic N) is 2. The van der Waals surface area contributed by atoms with E-state index in [-0.39, 0.29) is 24.7 Å². The van der Waals surface area contributed by atoms with Gasteiger partial charge in [-0.2, -0.15) is 13.2 Å². The summed E-state index contributed by atoms with van der Waals surface area (Å²) in [5.41, 5.74) is 1.09. The summed E-state index contributed by atoms with van der Waals surface area (Å²) < 4.78 is 38.7. The fraction of sp³-hybridized carbons (Fsp3) is 0.278. The van der Waals surface area contributed by atoms with Crippen molar-refractivity contribution in [1.29, 1.82) is 0 Å². The first-order chi connectivity index (χ1) is 11.8. The predicted molar refractivity (Wildman–Crippen MR) is 86.0 cm³/mol. The molecule has 1 aromatic heterocycles. The molecule has 0 saturated carbocycles. The molecular weight excluding hydrogens is 333 g/mol. The van der Waals surface area contributed by atoms with E-state index in [1.54, 1.807) is 19.1 Å². The number of anilines is 1. The lowest BCUT2D eigenvalue weighted by atomic mass is 10.0. The van der Waals surface area contributed by atoms with E-state index in [4.69, 9.17) is 0 Å². The number of hydrogen-bond acceptors (Lipinski definition) is 3. The molecule has 1 aromatic carbocycles. The molecule has 1 amide bonds. The summed E-state index contributed by atoms with van der Waals surface area (Å²) in [6.07, 6.45) is -2.59. The molecule has 1 aliphatic rings.